The number of rotatable bonds is 5. The number of nitrogens with zero attached hydrogens (tertiary/aromatic N) is 3. The molecule has 1 aromatic heterocycles. The van der Waals surface area contributed by atoms with E-state index in [1.807, 2.05) is 19.9 Å². The topological polar surface area (TPSA) is 78.1 Å². The van der Waals surface area contributed by atoms with Crippen LogP contribution >= 0.6 is 24.0 Å². The van der Waals surface area contributed by atoms with E-state index in [0.29, 0.717) is 32.7 Å². The maximum Gasteiger partial charge on any atom is 0.270 e. The third kappa shape index (κ3) is 4.40. The summed E-state index contributed by atoms with van der Waals surface area (Å²) in [6, 6.07) is 7.89. The minimum absolute atomic E-state index is 0.0143. The molecule has 6 nitrogen and oxygen atoms in total. The van der Waals surface area contributed by atoms with Crippen molar-refractivity contribution in [1.82, 2.24) is 9.47 Å². The second-order valence-electron chi connectivity index (χ2n) is 7.36. The number of pyridine rings is 1. The predicted molar refractivity (Wildman–Crippen MR) is 125 cm³/mol. The molecule has 0 aliphatic carbocycles. The van der Waals surface area contributed by atoms with E-state index >= 15 is 0 Å². The number of benzene rings is 1. The highest BCUT2D eigenvalue weighted by atomic mass is 32.2. The SMILES string of the molecule is Cc1c(/C=C2/SC(=S)N(C(C)C)C2=O)c(NCc2ccc(F)cc2)n(C)c(=O)c1C#N. The van der Waals surface area contributed by atoms with Crippen LogP contribution in [0.4, 0.5) is 10.2 Å². The van der Waals surface area contributed by atoms with Crippen LogP contribution in [0.1, 0.15) is 36.1 Å². The van der Waals surface area contributed by atoms with Gasteiger partial charge in [-0.1, -0.05) is 36.1 Å². The van der Waals surface area contributed by atoms with Crippen LogP contribution in [0.3, 0.4) is 0 Å². The van der Waals surface area contributed by atoms with Gasteiger partial charge in [0.25, 0.3) is 11.5 Å². The Bertz CT molecular complexity index is 1190. The lowest BCUT2D eigenvalue weighted by molar-refractivity contribution is -0.123. The fourth-order valence-corrected chi connectivity index (χ4v) is 4.79. The summed E-state index contributed by atoms with van der Waals surface area (Å²) in [5.74, 6) is -0.0832. The van der Waals surface area contributed by atoms with Gasteiger partial charge in [-0.25, -0.2) is 4.39 Å². The molecular weight excluding hydrogens is 435 g/mol. The molecule has 0 saturated carbocycles. The van der Waals surface area contributed by atoms with E-state index in [0.717, 1.165) is 5.56 Å². The summed E-state index contributed by atoms with van der Waals surface area (Å²) in [4.78, 5) is 27.5. The fraction of sp³-hybridized carbons (Fsp3) is 0.273. The lowest BCUT2D eigenvalue weighted by Crippen LogP contribution is -2.34. The van der Waals surface area contributed by atoms with Crippen LogP contribution in [0.15, 0.2) is 34.0 Å². The number of hydrogen-bond donors (Lipinski definition) is 1. The molecule has 1 fully saturated rings. The maximum atomic E-state index is 13.2. The molecule has 0 bridgehead atoms. The number of nitriles is 1. The van der Waals surface area contributed by atoms with Crippen LogP contribution in [0.2, 0.25) is 0 Å². The van der Waals surface area contributed by atoms with Gasteiger partial charge in [0.1, 0.15) is 27.6 Å². The van der Waals surface area contributed by atoms with Crippen molar-refractivity contribution in [3.05, 3.63) is 67.6 Å². The number of anilines is 1. The van der Waals surface area contributed by atoms with Crippen LogP contribution < -0.4 is 10.9 Å². The first-order valence-electron chi connectivity index (χ1n) is 9.54. The highest BCUT2D eigenvalue weighted by Crippen LogP contribution is 2.35. The van der Waals surface area contributed by atoms with Gasteiger partial charge in [-0.15, -0.1) is 0 Å². The average Bonchev–Trinajstić information content (AvgIpc) is 3.00. The van der Waals surface area contributed by atoms with Crippen LogP contribution in [0, 0.1) is 24.1 Å². The molecule has 9 heteroatoms. The van der Waals surface area contributed by atoms with Crippen molar-refractivity contribution in [1.29, 1.82) is 5.26 Å². The number of thiocarbonyl (C=S) groups is 1. The summed E-state index contributed by atoms with van der Waals surface area (Å²) < 4.78 is 15.0. The molecule has 2 heterocycles. The average molecular weight is 457 g/mol. The number of aromatic nitrogens is 1. The summed E-state index contributed by atoms with van der Waals surface area (Å²) in [6.45, 7) is 5.77. The first kappa shape index (κ1) is 22.7. The monoisotopic (exact) mass is 456 g/mol. The molecule has 0 radical (unpaired) electrons. The summed E-state index contributed by atoms with van der Waals surface area (Å²) in [6.07, 6.45) is 1.67. The van der Waals surface area contributed by atoms with Crippen molar-refractivity contribution < 1.29 is 9.18 Å². The van der Waals surface area contributed by atoms with E-state index in [-0.39, 0.29) is 23.3 Å². The Hall–Kier alpha value is -2.96. The first-order chi connectivity index (χ1) is 14.6. The molecule has 3 rings (SSSR count). The smallest absolute Gasteiger partial charge is 0.270 e. The second-order valence-corrected chi connectivity index (χ2v) is 9.04. The molecule has 0 atom stereocenters. The van der Waals surface area contributed by atoms with Gasteiger partial charge in [0.15, 0.2) is 0 Å². The molecule has 1 aromatic carbocycles. The Labute approximate surface area is 189 Å². The van der Waals surface area contributed by atoms with E-state index in [9.17, 15) is 19.2 Å². The zero-order chi connectivity index (χ0) is 22.9. The Kier molecular flexibility index (Phi) is 6.62. The fourth-order valence-electron chi connectivity index (χ4n) is 3.29. The minimum atomic E-state index is -0.437. The molecule has 1 aliphatic rings. The second kappa shape index (κ2) is 9.04. The molecule has 1 saturated heterocycles. The molecule has 31 heavy (non-hydrogen) atoms. The van der Waals surface area contributed by atoms with Gasteiger partial charge in [0.05, 0.1) is 4.91 Å². The summed E-state index contributed by atoms with van der Waals surface area (Å²) in [7, 11) is 1.56. The first-order valence-corrected chi connectivity index (χ1v) is 10.8. The number of carbonyl (C=O) groups excluding carboxylic acids is 1. The molecule has 160 valence electrons. The lowest BCUT2D eigenvalue weighted by atomic mass is 10.0. The normalized spacial score (nSPS) is 15.1. The summed E-state index contributed by atoms with van der Waals surface area (Å²) in [5, 5.41) is 12.7. The molecule has 1 aliphatic heterocycles. The van der Waals surface area contributed by atoms with E-state index in [1.165, 1.54) is 28.5 Å². The highest BCUT2D eigenvalue weighted by molar-refractivity contribution is 8.26. The predicted octanol–water partition coefficient (Wildman–Crippen LogP) is 3.93. The van der Waals surface area contributed by atoms with Crippen LogP contribution in [-0.2, 0) is 18.4 Å². The van der Waals surface area contributed by atoms with Gasteiger partial charge in [0, 0.05) is 25.2 Å². The van der Waals surface area contributed by atoms with E-state index in [1.54, 1.807) is 37.1 Å². The van der Waals surface area contributed by atoms with Crippen LogP contribution in [-0.4, -0.2) is 25.7 Å². The molecule has 1 amide bonds. The van der Waals surface area contributed by atoms with E-state index in [4.69, 9.17) is 12.2 Å². The number of carbonyl (C=O) groups is 1. The Morgan fingerprint density at radius 1 is 1.29 bits per heavy atom. The largest absolute Gasteiger partial charge is 0.367 e. The number of thioether (sulfide) groups is 1. The summed E-state index contributed by atoms with van der Waals surface area (Å²) >= 11 is 6.54. The van der Waals surface area contributed by atoms with Gasteiger partial charge in [-0.05, 0) is 50.1 Å². The van der Waals surface area contributed by atoms with Gasteiger partial charge in [-0.3, -0.25) is 19.1 Å². The van der Waals surface area contributed by atoms with Crippen molar-refractivity contribution in [2.75, 3.05) is 5.32 Å². The van der Waals surface area contributed by atoms with Crippen LogP contribution in [0.5, 0.6) is 0 Å². The van der Waals surface area contributed by atoms with Crippen molar-refractivity contribution in [2.45, 2.75) is 33.4 Å². The lowest BCUT2D eigenvalue weighted by Gasteiger charge is -2.19. The van der Waals surface area contributed by atoms with E-state index < -0.39 is 5.56 Å². The van der Waals surface area contributed by atoms with Gasteiger partial charge in [0.2, 0.25) is 0 Å². The molecular formula is C22H21FN4O2S2. The van der Waals surface area contributed by atoms with Crippen molar-refractivity contribution in [3.63, 3.8) is 0 Å². The maximum absolute atomic E-state index is 13.2. The third-order valence-electron chi connectivity index (χ3n) is 4.99. The zero-order valence-electron chi connectivity index (χ0n) is 17.5. The highest BCUT2D eigenvalue weighted by Gasteiger charge is 2.34. The van der Waals surface area contributed by atoms with Crippen molar-refractivity contribution in [3.8, 4) is 6.07 Å². The Balaban J connectivity index is 2.10. The zero-order valence-corrected chi connectivity index (χ0v) is 19.2. The Morgan fingerprint density at radius 2 is 1.94 bits per heavy atom. The molecule has 1 N–H and O–H groups in total. The number of amides is 1. The number of hydrogen-bond acceptors (Lipinski definition) is 6. The number of halogens is 1. The van der Waals surface area contributed by atoms with Crippen molar-refractivity contribution in [2.24, 2.45) is 7.05 Å². The molecule has 0 spiro atoms. The van der Waals surface area contributed by atoms with Gasteiger partial charge >= 0.3 is 0 Å². The number of nitrogens with one attached hydrogen (secondary N) is 1. The van der Waals surface area contributed by atoms with Gasteiger partial charge in [-0.2, -0.15) is 5.26 Å². The molecule has 2 aromatic rings. The van der Waals surface area contributed by atoms with E-state index in [2.05, 4.69) is 5.32 Å². The standard InChI is InChI=1S/C22H21FN4O2S2/c1-12(2)27-21(29)18(31-22(27)30)9-16-13(3)17(10-24)20(28)26(4)19(16)25-11-14-5-7-15(23)8-6-14/h5-9,12,25H,11H2,1-4H3/b18-9+. The Morgan fingerprint density at radius 3 is 2.48 bits per heavy atom. The van der Waals surface area contributed by atoms with Crippen LogP contribution in [0.25, 0.3) is 6.08 Å². The van der Waals surface area contributed by atoms with Crippen molar-refractivity contribution >= 4 is 46.1 Å². The third-order valence-corrected chi connectivity index (χ3v) is 6.32. The summed E-state index contributed by atoms with van der Waals surface area (Å²) in [5.41, 5.74) is 1.42. The molecule has 0 unspecified atom stereocenters. The quantitative estimate of drug-likeness (QED) is 0.543. The van der Waals surface area contributed by atoms with Gasteiger partial charge < -0.3 is 5.32 Å². The minimum Gasteiger partial charge on any atom is -0.367 e.